The number of carbonyl (C=O) groups excluding carboxylic acids is 1. The maximum absolute atomic E-state index is 13.4. The summed E-state index contributed by atoms with van der Waals surface area (Å²) in [5, 5.41) is 3.20. The summed E-state index contributed by atoms with van der Waals surface area (Å²) in [5.41, 5.74) is 1.76. The van der Waals surface area contributed by atoms with Gasteiger partial charge in [-0.15, -0.1) is 0 Å². The Labute approximate surface area is 111 Å². The minimum atomic E-state index is -0.349. The molecule has 3 nitrogen and oxygen atoms in total. The molecule has 3 atom stereocenters. The van der Waals surface area contributed by atoms with Crippen LogP contribution in [-0.2, 0) is 9.53 Å². The van der Waals surface area contributed by atoms with Gasteiger partial charge in [0.2, 0.25) is 0 Å². The third-order valence-electron chi connectivity index (χ3n) is 3.87. The highest BCUT2D eigenvalue weighted by Crippen LogP contribution is 2.44. The summed E-state index contributed by atoms with van der Waals surface area (Å²) < 4.78 is 18.5. The molecule has 1 aliphatic carbocycles. The van der Waals surface area contributed by atoms with Crippen LogP contribution < -0.4 is 5.32 Å². The van der Waals surface area contributed by atoms with Gasteiger partial charge < -0.3 is 10.1 Å². The highest BCUT2D eigenvalue weighted by atomic mass is 19.1. The molecule has 19 heavy (non-hydrogen) atoms. The number of halogens is 1. The van der Waals surface area contributed by atoms with E-state index in [1.165, 1.54) is 6.07 Å². The molecular weight excluding hydrogens is 245 g/mol. The van der Waals surface area contributed by atoms with Crippen LogP contribution in [0.15, 0.2) is 30.4 Å². The molecule has 1 aliphatic heterocycles. The number of benzene rings is 1. The standard InChI is InChI=1S/C15H16FNO2/c1-2-19-15(18)14-11-5-3-4-10(11)12-8-9(16)6-7-13(12)17-14/h3-4,6-8,10-11,14,17H,2,5H2,1H3/t10-,11+,14+/m0/s1. The zero-order chi connectivity index (χ0) is 13.4. The van der Waals surface area contributed by atoms with Crippen molar-refractivity contribution < 1.29 is 13.9 Å². The van der Waals surface area contributed by atoms with Crippen molar-refractivity contribution in [1.29, 1.82) is 0 Å². The summed E-state index contributed by atoms with van der Waals surface area (Å²) in [6, 6.07) is 4.31. The zero-order valence-corrected chi connectivity index (χ0v) is 10.7. The van der Waals surface area contributed by atoms with Gasteiger partial charge in [-0.2, -0.15) is 0 Å². The van der Waals surface area contributed by atoms with E-state index in [9.17, 15) is 9.18 Å². The summed E-state index contributed by atoms with van der Waals surface area (Å²) >= 11 is 0. The Kier molecular flexibility index (Phi) is 3.01. The predicted molar refractivity (Wildman–Crippen MR) is 70.4 cm³/mol. The lowest BCUT2D eigenvalue weighted by molar-refractivity contribution is -0.145. The smallest absolute Gasteiger partial charge is 0.328 e. The van der Waals surface area contributed by atoms with E-state index in [4.69, 9.17) is 4.74 Å². The fraction of sp³-hybridized carbons (Fsp3) is 0.400. The fourth-order valence-corrected chi connectivity index (χ4v) is 3.03. The molecule has 1 heterocycles. The summed E-state index contributed by atoms with van der Waals surface area (Å²) in [7, 11) is 0. The first-order chi connectivity index (χ1) is 9.20. The average Bonchev–Trinajstić information content (AvgIpc) is 2.87. The molecule has 2 aliphatic rings. The lowest BCUT2D eigenvalue weighted by Crippen LogP contribution is -2.43. The van der Waals surface area contributed by atoms with Crippen LogP contribution in [0.3, 0.4) is 0 Å². The molecule has 1 N–H and O–H groups in total. The molecule has 0 aromatic heterocycles. The molecule has 0 saturated heterocycles. The normalized spacial score (nSPS) is 27.4. The third-order valence-corrected chi connectivity index (χ3v) is 3.87. The van der Waals surface area contributed by atoms with E-state index < -0.39 is 0 Å². The van der Waals surface area contributed by atoms with E-state index in [2.05, 4.69) is 17.5 Å². The maximum Gasteiger partial charge on any atom is 0.328 e. The van der Waals surface area contributed by atoms with Gasteiger partial charge in [0.1, 0.15) is 11.9 Å². The highest BCUT2D eigenvalue weighted by molar-refractivity contribution is 5.82. The molecule has 3 rings (SSSR count). The second-order valence-electron chi connectivity index (χ2n) is 4.96. The molecule has 0 spiro atoms. The Morgan fingerprint density at radius 3 is 3.16 bits per heavy atom. The first kappa shape index (κ1) is 12.2. The second-order valence-corrected chi connectivity index (χ2v) is 4.96. The van der Waals surface area contributed by atoms with Crippen molar-refractivity contribution in [3.63, 3.8) is 0 Å². The summed E-state index contributed by atoms with van der Waals surface area (Å²) in [6.07, 6.45) is 4.94. The Bertz CT molecular complexity index is 541. The number of nitrogens with one attached hydrogen (secondary N) is 1. The molecule has 0 radical (unpaired) electrons. The van der Waals surface area contributed by atoms with Crippen molar-refractivity contribution in [2.75, 3.05) is 11.9 Å². The number of esters is 1. The van der Waals surface area contributed by atoms with E-state index in [1.807, 2.05) is 0 Å². The summed E-state index contributed by atoms with van der Waals surface area (Å²) in [4.78, 5) is 12.0. The number of anilines is 1. The monoisotopic (exact) mass is 261 g/mol. The first-order valence-electron chi connectivity index (χ1n) is 6.60. The number of rotatable bonds is 2. The molecule has 100 valence electrons. The minimum absolute atomic E-state index is 0.0985. The van der Waals surface area contributed by atoms with Crippen LogP contribution in [0.2, 0.25) is 0 Å². The van der Waals surface area contributed by atoms with E-state index in [0.717, 1.165) is 17.7 Å². The quantitative estimate of drug-likeness (QED) is 0.657. The number of hydrogen-bond acceptors (Lipinski definition) is 3. The number of hydrogen-bond donors (Lipinski definition) is 1. The minimum Gasteiger partial charge on any atom is -0.464 e. The van der Waals surface area contributed by atoms with Crippen LogP contribution in [0.5, 0.6) is 0 Å². The average molecular weight is 261 g/mol. The topological polar surface area (TPSA) is 38.3 Å². The lowest BCUT2D eigenvalue weighted by Gasteiger charge is -2.35. The van der Waals surface area contributed by atoms with E-state index in [1.54, 1.807) is 19.1 Å². The van der Waals surface area contributed by atoms with Crippen LogP contribution in [0.1, 0.15) is 24.8 Å². The molecule has 1 aromatic carbocycles. The van der Waals surface area contributed by atoms with Crippen LogP contribution in [-0.4, -0.2) is 18.6 Å². The molecule has 0 saturated carbocycles. The maximum atomic E-state index is 13.4. The highest BCUT2D eigenvalue weighted by Gasteiger charge is 2.41. The van der Waals surface area contributed by atoms with E-state index in [-0.39, 0.29) is 29.7 Å². The van der Waals surface area contributed by atoms with Gasteiger partial charge in [-0.25, -0.2) is 9.18 Å². The van der Waals surface area contributed by atoms with Crippen LogP contribution in [0, 0.1) is 11.7 Å². The van der Waals surface area contributed by atoms with Gasteiger partial charge in [0, 0.05) is 17.5 Å². The van der Waals surface area contributed by atoms with E-state index >= 15 is 0 Å². The first-order valence-corrected chi connectivity index (χ1v) is 6.60. The van der Waals surface area contributed by atoms with Gasteiger partial charge in [-0.05, 0) is 37.1 Å². The van der Waals surface area contributed by atoms with Crippen molar-refractivity contribution in [3.8, 4) is 0 Å². The van der Waals surface area contributed by atoms with E-state index in [0.29, 0.717) is 6.61 Å². The largest absolute Gasteiger partial charge is 0.464 e. The Hall–Kier alpha value is -1.84. The van der Waals surface area contributed by atoms with Crippen molar-refractivity contribution in [2.45, 2.75) is 25.3 Å². The van der Waals surface area contributed by atoms with Gasteiger partial charge in [0.25, 0.3) is 0 Å². The molecule has 1 aromatic rings. The fourth-order valence-electron chi connectivity index (χ4n) is 3.03. The lowest BCUT2D eigenvalue weighted by atomic mass is 9.79. The van der Waals surface area contributed by atoms with Crippen LogP contribution >= 0.6 is 0 Å². The second kappa shape index (κ2) is 4.68. The van der Waals surface area contributed by atoms with Gasteiger partial charge >= 0.3 is 5.97 Å². The van der Waals surface area contributed by atoms with Crippen LogP contribution in [0.4, 0.5) is 10.1 Å². The summed E-state index contributed by atoms with van der Waals surface area (Å²) in [5.74, 6) is -0.250. The Morgan fingerprint density at radius 1 is 1.53 bits per heavy atom. The Morgan fingerprint density at radius 2 is 2.37 bits per heavy atom. The molecule has 0 bridgehead atoms. The van der Waals surface area contributed by atoms with Gasteiger partial charge in [0.05, 0.1) is 6.61 Å². The van der Waals surface area contributed by atoms with Gasteiger partial charge in [-0.1, -0.05) is 12.2 Å². The van der Waals surface area contributed by atoms with Crippen molar-refractivity contribution >= 4 is 11.7 Å². The number of carbonyl (C=O) groups is 1. The molecular formula is C15H16FNO2. The predicted octanol–water partition coefficient (Wildman–Crippen LogP) is 2.84. The molecule has 0 fully saturated rings. The van der Waals surface area contributed by atoms with Crippen molar-refractivity contribution in [2.24, 2.45) is 5.92 Å². The van der Waals surface area contributed by atoms with Crippen molar-refractivity contribution in [1.82, 2.24) is 0 Å². The Balaban J connectivity index is 1.97. The van der Waals surface area contributed by atoms with Gasteiger partial charge in [-0.3, -0.25) is 0 Å². The molecule has 0 amide bonds. The summed E-state index contributed by atoms with van der Waals surface area (Å²) in [6.45, 7) is 2.17. The molecule has 4 heteroatoms. The van der Waals surface area contributed by atoms with Gasteiger partial charge in [0.15, 0.2) is 0 Å². The third kappa shape index (κ3) is 2.01. The number of allylic oxidation sites excluding steroid dienone is 2. The van der Waals surface area contributed by atoms with Crippen molar-refractivity contribution in [3.05, 3.63) is 41.7 Å². The molecule has 0 unspecified atom stereocenters. The zero-order valence-electron chi connectivity index (χ0n) is 10.7. The SMILES string of the molecule is CCOC(=O)[C@@H]1Nc2ccc(F)cc2[C@H]2C=CC[C@H]21. The van der Waals surface area contributed by atoms with Crippen LogP contribution in [0.25, 0.3) is 0 Å². The number of fused-ring (bicyclic) bond motifs is 3. The number of ether oxygens (including phenoxy) is 1.